The summed E-state index contributed by atoms with van der Waals surface area (Å²) >= 11 is 0. The first-order valence-electron chi connectivity index (χ1n) is 7.68. The van der Waals surface area contributed by atoms with Crippen LogP contribution in [0.3, 0.4) is 0 Å². The van der Waals surface area contributed by atoms with Crippen molar-refractivity contribution in [3.8, 4) is 5.75 Å². The molecule has 0 saturated heterocycles. The highest BCUT2D eigenvalue weighted by molar-refractivity contribution is 5.68. The lowest BCUT2D eigenvalue weighted by Crippen LogP contribution is -2.46. The number of hydrogen-bond acceptors (Lipinski definition) is 3. The highest BCUT2D eigenvalue weighted by Gasteiger charge is 2.43. The highest BCUT2D eigenvalue weighted by atomic mass is 16.3. The summed E-state index contributed by atoms with van der Waals surface area (Å²) in [4.78, 5) is 6.88. The van der Waals surface area contributed by atoms with E-state index in [1.54, 1.807) is 0 Å². The van der Waals surface area contributed by atoms with Gasteiger partial charge in [0.05, 0.1) is 0 Å². The summed E-state index contributed by atoms with van der Waals surface area (Å²) in [5.41, 5.74) is 3.78. The van der Waals surface area contributed by atoms with Crippen molar-refractivity contribution in [3.05, 3.63) is 47.7 Å². The van der Waals surface area contributed by atoms with E-state index in [-0.39, 0.29) is 0 Å². The van der Waals surface area contributed by atoms with Gasteiger partial charge >= 0.3 is 0 Å². The molecule has 4 rings (SSSR count). The zero-order valence-corrected chi connectivity index (χ0v) is 12.3. The molecule has 1 aliphatic carbocycles. The van der Waals surface area contributed by atoms with Crippen LogP contribution in [0.25, 0.3) is 0 Å². The number of aromatic hydroxyl groups is 1. The van der Waals surface area contributed by atoms with Crippen LogP contribution in [0.2, 0.25) is 0 Å². The van der Waals surface area contributed by atoms with Gasteiger partial charge in [-0.2, -0.15) is 0 Å². The zero-order chi connectivity index (χ0) is 14.4. The number of phenolic OH excluding ortho intramolecular Hbond substituents is 1. The number of rotatable bonds is 1. The molecule has 1 fully saturated rings. The van der Waals surface area contributed by atoms with Gasteiger partial charge in [-0.25, -0.2) is 4.98 Å². The van der Waals surface area contributed by atoms with Crippen LogP contribution in [0.15, 0.2) is 36.5 Å². The van der Waals surface area contributed by atoms with Crippen molar-refractivity contribution < 1.29 is 5.11 Å². The summed E-state index contributed by atoms with van der Waals surface area (Å²) in [6, 6.07) is 10.1. The van der Waals surface area contributed by atoms with Crippen LogP contribution in [0.5, 0.6) is 5.75 Å². The third-order valence-electron chi connectivity index (χ3n) is 5.09. The average molecular weight is 280 g/mol. The molecule has 1 aliphatic heterocycles. The Morgan fingerprint density at radius 3 is 2.76 bits per heavy atom. The molecule has 3 heteroatoms. The van der Waals surface area contributed by atoms with E-state index in [1.165, 1.54) is 30.5 Å². The second-order valence-corrected chi connectivity index (χ2v) is 6.57. The molecule has 1 N–H and O–H groups in total. The molecule has 2 aromatic rings. The molecular weight excluding hydrogens is 260 g/mol. The molecule has 1 saturated carbocycles. The molecule has 1 aromatic carbocycles. The van der Waals surface area contributed by atoms with Crippen molar-refractivity contribution >= 4 is 11.5 Å². The van der Waals surface area contributed by atoms with Crippen molar-refractivity contribution in [1.82, 2.24) is 4.98 Å². The molecule has 0 atom stereocenters. The maximum absolute atomic E-state index is 10.1. The lowest BCUT2D eigenvalue weighted by molar-refractivity contribution is 0.138. The lowest BCUT2D eigenvalue weighted by Gasteiger charge is -2.49. The maximum Gasteiger partial charge on any atom is 0.132 e. The van der Waals surface area contributed by atoms with E-state index >= 15 is 0 Å². The van der Waals surface area contributed by atoms with Gasteiger partial charge in [0.25, 0.3) is 0 Å². The Labute approximate surface area is 125 Å². The monoisotopic (exact) mass is 280 g/mol. The first-order chi connectivity index (χ1) is 10.2. The third kappa shape index (κ3) is 1.99. The van der Waals surface area contributed by atoms with E-state index in [0.717, 1.165) is 24.3 Å². The van der Waals surface area contributed by atoms with Gasteiger partial charge in [-0.3, -0.25) is 0 Å². The van der Waals surface area contributed by atoms with Gasteiger partial charge in [0.2, 0.25) is 0 Å². The quantitative estimate of drug-likeness (QED) is 0.859. The summed E-state index contributed by atoms with van der Waals surface area (Å²) in [7, 11) is 0. The van der Waals surface area contributed by atoms with Crippen LogP contribution < -0.4 is 4.90 Å². The number of pyridine rings is 1. The number of fused-ring (bicyclic) bond motifs is 1. The molecule has 0 radical (unpaired) electrons. The van der Waals surface area contributed by atoms with Gasteiger partial charge in [0.1, 0.15) is 11.6 Å². The Balaban J connectivity index is 1.85. The molecule has 2 heterocycles. The van der Waals surface area contributed by atoms with E-state index in [9.17, 15) is 5.11 Å². The standard InChI is InChI=1S/C18H20N2O/c1-13-9-15-14(10-16(13)21)11-18(6-4-7-18)12-20(15)17-5-2-3-8-19-17/h2-3,5,8-10,21H,4,6-7,11-12H2,1H3. The summed E-state index contributed by atoms with van der Waals surface area (Å²) in [6.45, 7) is 3.00. The average Bonchev–Trinajstić information content (AvgIpc) is 2.47. The van der Waals surface area contributed by atoms with E-state index in [0.29, 0.717) is 11.2 Å². The van der Waals surface area contributed by atoms with Crippen molar-refractivity contribution in [3.63, 3.8) is 0 Å². The molecule has 1 spiro atoms. The molecule has 2 aliphatic rings. The molecular formula is C18H20N2O. The van der Waals surface area contributed by atoms with E-state index in [2.05, 4.69) is 22.0 Å². The van der Waals surface area contributed by atoms with Gasteiger partial charge in [-0.1, -0.05) is 12.5 Å². The Morgan fingerprint density at radius 2 is 2.10 bits per heavy atom. The first kappa shape index (κ1) is 12.7. The number of nitrogens with zero attached hydrogens (tertiary/aromatic N) is 2. The van der Waals surface area contributed by atoms with Crippen molar-refractivity contribution in [2.24, 2.45) is 5.41 Å². The van der Waals surface area contributed by atoms with Crippen LogP contribution in [-0.2, 0) is 6.42 Å². The van der Waals surface area contributed by atoms with E-state index < -0.39 is 0 Å². The summed E-state index contributed by atoms with van der Waals surface area (Å²) < 4.78 is 0. The number of anilines is 2. The number of aromatic nitrogens is 1. The normalized spacial score (nSPS) is 19.2. The Bertz CT molecular complexity index is 677. The first-order valence-corrected chi connectivity index (χ1v) is 7.68. The van der Waals surface area contributed by atoms with Gasteiger partial charge < -0.3 is 10.0 Å². The van der Waals surface area contributed by atoms with E-state index in [4.69, 9.17) is 0 Å². The predicted octanol–water partition coefficient (Wildman–Crippen LogP) is 3.96. The van der Waals surface area contributed by atoms with Crippen LogP contribution >= 0.6 is 0 Å². The lowest BCUT2D eigenvalue weighted by atomic mass is 9.63. The van der Waals surface area contributed by atoms with E-state index in [1.807, 2.05) is 31.3 Å². The Hall–Kier alpha value is -2.03. The third-order valence-corrected chi connectivity index (χ3v) is 5.09. The topological polar surface area (TPSA) is 36.4 Å². The van der Waals surface area contributed by atoms with Gasteiger partial charge in [0.15, 0.2) is 0 Å². The SMILES string of the molecule is Cc1cc2c(cc1O)CC1(CCC1)CN2c1ccccn1. The molecule has 21 heavy (non-hydrogen) atoms. The Kier molecular flexibility index (Phi) is 2.71. The smallest absolute Gasteiger partial charge is 0.132 e. The van der Waals surface area contributed by atoms with Gasteiger partial charge in [0, 0.05) is 18.4 Å². The summed E-state index contributed by atoms with van der Waals surface area (Å²) in [6.07, 6.45) is 6.82. The van der Waals surface area contributed by atoms with Crippen LogP contribution in [0.4, 0.5) is 11.5 Å². The van der Waals surface area contributed by atoms with Crippen LogP contribution in [-0.4, -0.2) is 16.6 Å². The fourth-order valence-corrected chi connectivity index (χ4v) is 3.73. The predicted molar refractivity (Wildman–Crippen MR) is 84.1 cm³/mol. The number of aryl methyl sites for hydroxylation is 1. The molecule has 0 bridgehead atoms. The van der Waals surface area contributed by atoms with Crippen molar-refractivity contribution in [1.29, 1.82) is 0 Å². The molecule has 0 amide bonds. The summed E-state index contributed by atoms with van der Waals surface area (Å²) in [5.74, 6) is 1.42. The van der Waals surface area contributed by atoms with Gasteiger partial charge in [-0.15, -0.1) is 0 Å². The van der Waals surface area contributed by atoms with Crippen molar-refractivity contribution in [2.45, 2.75) is 32.6 Å². The van der Waals surface area contributed by atoms with Crippen LogP contribution in [0, 0.1) is 12.3 Å². The fraction of sp³-hybridized carbons (Fsp3) is 0.389. The number of benzene rings is 1. The minimum absolute atomic E-state index is 0.381. The molecule has 1 aromatic heterocycles. The van der Waals surface area contributed by atoms with Crippen LogP contribution in [0.1, 0.15) is 30.4 Å². The fourth-order valence-electron chi connectivity index (χ4n) is 3.73. The second kappa shape index (κ2) is 4.48. The summed E-state index contributed by atoms with van der Waals surface area (Å²) in [5, 5.41) is 10.1. The highest BCUT2D eigenvalue weighted by Crippen LogP contribution is 2.51. The number of hydrogen-bond donors (Lipinski definition) is 1. The largest absolute Gasteiger partial charge is 0.508 e. The maximum atomic E-state index is 10.1. The zero-order valence-electron chi connectivity index (χ0n) is 12.3. The van der Waals surface area contributed by atoms with Crippen molar-refractivity contribution in [2.75, 3.05) is 11.4 Å². The number of phenols is 1. The molecule has 108 valence electrons. The van der Waals surface area contributed by atoms with Gasteiger partial charge in [-0.05, 0) is 67.0 Å². The molecule has 0 unspecified atom stereocenters. The minimum Gasteiger partial charge on any atom is -0.508 e. The Morgan fingerprint density at radius 1 is 1.24 bits per heavy atom. The second-order valence-electron chi connectivity index (χ2n) is 6.57. The molecule has 3 nitrogen and oxygen atoms in total. The minimum atomic E-state index is 0.381.